The molecule has 0 amide bonds. The molecular weight excluding hydrogens is 394 g/mol. The van der Waals surface area contributed by atoms with Gasteiger partial charge in [0, 0.05) is 17.3 Å². The Labute approximate surface area is 172 Å². The zero-order valence-electron chi connectivity index (χ0n) is 16.3. The second-order valence-corrected chi connectivity index (χ2v) is 7.66. The van der Waals surface area contributed by atoms with E-state index in [9.17, 15) is 8.78 Å². The van der Waals surface area contributed by atoms with Gasteiger partial charge in [-0.2, -0.15) is 9.97 Å². The molecule has 2 aromatic heterocycles. The number of nitrogens with two attached hydrogens (primary N) is 1. The molecule has 0 aliphatic carbocycles. The Morgan fingerprint density at radius 3 is 2.53 bits per heavy atom. The molecule has 0 spiro atoms. The highest BCUT2D eigenvalue weighted by molar-refractivity contribution is 5.67. The van der Waals surface area contributed by atoms with Gasteiger partial charge >= 0.3 is 0 Å². The number of ether oxygens (including phenoxy) is 2. The lowest BCUT2D eigenvalue weighted by Gasteiger charge is -2.35. The predicted molar refractivity (Wildman–Crippen MR) is 106 cm³/mol. The van der Waals surface area contributed by atoms with E-state index in [1.165, 1.54) is 12.3 Å². The molecule has 3 aliphatic heterocycles. The third-order valence-electron chi connectivity index (χ3n) is 5.78. The Morgan fingerprint density at radius 1 is 1.07 bits per heavy atom. The average Bonchev–Trinajstić information content (AvgIpc) is 3.02. The fourth-order valence-corrected chi connectivity index (χ4v) is 4.28. The second-order valence-electron chi connectivity index (χ2n) is 7.66. The molecule has 2 saturated heterocycles. The molecule has 0 saturated carbocycles. The van der Waals surface area contributed by atoms with Crippen LogP contribution in [0.4, 0.5) is 20.5 Å². The van der Waals surface area contributed by atoms with Gasteiger partial charge in [0.2, 0.25) is 5.95 Å². The van der Waals surface area contributed by atoms with Crippen molar-refractivity contribution in [3.8, 4) is 11.4 Å². The summed E-state index contributed by atoms with van der Waals surface area (Å²) in [5.41, 5.74) is 6.49. The first-order valence-electron chi connectivity index (χ1n) is 10.0. The maximum atomic E-state index is 13.7. The van der Waals surface area contributed by atoms with Crippen molar-refractivity contribution in [3.05, 3.63) is 29.7 Å². The van der Waals surface area contributed by atoms with Gasteiger partial charge in [-0.3, -0.25) is 0 Å². The van der Waals surface area contributed by atoms with Crippen molar-refractivity contribution in [1.82, 2.24) is 19.9 Å². The molecule has 10 heteroatoms. The van der Waals surface area contributed by atoms with Crippen LogP contribution in [0.25, 0.3) is 17.0 Å². The zero-order chi connectivity index (χ0) is 20.7. The quantitative estimate of drug-likeness (QED) is 0.812. The third kappa shape index (κ3) is 3.50. The lowest BCUT2D eigenvalue weighted by Crippen LogP contribution is -2.47. The highest BCUT2D eigenvalue weighted by atomic mass is 19.3. The number of pyridine rings is 1. The number of alkyl halides is 2. The average molecular weight is 416 g/mol. The van der Waals surface area contributed by atoms with E-state index in [2.05, 4.69) is 19.9 Å². The maximum Gasteiger partial charge on any atom is 0.264 e. The summed E-state index contributed by atoms with van der Waals surface area (Å²) in [6.07, 6.45) is 3.14. The lowest BCUT2D eigenvalue weighted by atomic mass is 10.1. The van der Waals surface area contributed by atoms with E-state index in [1.54, 1.807) is 0 Å². The van der Waals surface area contributed by atoms with Crippen LogP contribution >= 0.6 is 0 Å². The number of morpholine rings is 1. The molecular formula is C20H22F2N6O2. The molecule has 2 bridgehead atoms. The normalized spacial score (nSPS) is 23.7. The van der Waals surface area contributed by atoms with Crippen LogP contribution in [0.5, 0.6) is 0 Å². The van der Waals surface area contributed by atoms with Gasteiger partial charge in [0.1, 0.15) is 5.82 Å². The van der Waals surface area contributed by atoms with Gasteiger partial charge in [-0.15, -0.1) is 0 Å². The summed E-state index contributed by atoms with van der Waals surface area (Å²) in [5.74, 6) is 1.19. The van der Waals surface area contributed by atoms with Crippen LogP contribution in [0.2, 0.25) is 0 Å². The minimum atomic E-state index is -2.73. The number of nitrogen functional groups attached to an aromatic ring is 1. The van der Waals surface area contributed by atoms with Crippen molar-refractivity contribution in [2.45, 2.75) is 37.8 Å². The number of hydrogen-bond acceptors (Lipinski definition) is 8. The molecule has 8 nitrogen and oxygen atoms in total. The summed E-state index contributed by atoms with van der Waals surface area (Å²) in [7, 11) is 0. The minimum Gasteiger partial charge on any atom is -0.384 e. The van der Waals surface area contributed by atoms with Gasteiger partial charge in [0.25, 0.3) is 6.43 Å². The van der Waals surface area contributed by atoms with Gasteiger partial charge in [-0.05, 0) is 30.9 Å². The molecule has 5 heterocycles. The molecule has 2 aromatic rings. The summed E-state index contributed by atoms with van der Waals surface area (Å²) in [5, 5.41) is 0. The molecule has 3 aliphatic rings. The van der Waals surface area contributed by atoms with Crippen molar-refractivity contribution >= 4 is 17.3 Å². The van der Waals surface area contributed by atoms with Crippen LogP contribution in [-0.2, 0) is 9.47 Å². The van der Waals surface area contributed by atoms with Crippen LogP contribution in [0.1, 0.15) is 37.1 Å². The van der Waals surface area contributed by atoms with Crippen molar-refractivity contribution in [1.29, 1.82) is 0 Å². The first-order chi connectivity index (χ1) is 14.6. The second kappa shape index (κ2) is 7.84. The number of halogens is 2. The Kier molecular flexibility index (Phi) is 5.03. The smallest absolute Gasteiger partial charge is 0.264 e. The first-order valence-corrected chi connectivity index (χ1v) is 10.0. The third-order valence-corrected chi connectivity index (χ3v) is 5.78. The van der Waals surface area contributed by atoms with Crippen LogP contribution in [0.15, 0.2) is 18.3 Å². The Balaban J connectivity index is 1.65. The Bertz CT molecular complexity index is 970. The van der Waals surface area contributed by atoms with Gasteiger partial charge in [0.05, 0.1) is 38.5 Å². The lowest BCUT2D eigenvalue weighted by molar-refractivity contribution is 0.0897. The number of hydrogen-bond donors (Lipinski definition) is 1. The number of anilines is 2. The fraction of sp³-hybridized carbons (Fsp3) is 0.500. The zero-order valence-corrected chi connectivity index (χ0v) is 16.3. The summed E-state index contributed by atoms with van der Waals surface area (Å²) >= 11 is 0. The highest BCUT2D eigenvalue weighted by Crippen LogP contribution is 2.35. The van der Waals surface area contributed by atoms with Crippen molar-refractivity contribution < 1.29 is 18.3 Å². The molecule has 0 radical (unpaired) electrons. The van der Waals surface area contributed by atoms with E-state index in [0.29, 0.717) is 44.6 Å². The van der Waals surface area contributed by atoms with E-state index < -0.39 is 6.43 Å². The van der Waals surface area contributed by atoms with E-state index in [1.807, 2.05) is 6.08 Å². The largest absolute Gasteiger partial charge is 0.384 e. The minimum absolute atomic E-state index is 0.0296. The predicted octanol–water partition coefficient (Wildman–Crippen LogP) is 2.62. The molecule has 5 rings (SSSR count). The molecule has 30 heavy (non-hydrogen) atoms. The molecule has 158 valence electrons. The Morgan fingerprint density at radius 2 is 1.83 bits per heavy atom. The van der Waals surface area contributed by atoms with Gasteiger partial charge in [-0.1, -0.05) is 6.08 Å². The SMILES string of the molecule is Nc1cc(C(F)F)c(-c2nc(C3=CCOCC3)nc(N3C4CCC3COC4)n2)cn1. The van der Waals surface area contributed by atoms with Crippen LogP contribution in [-0.4, -0.2) is 58.4 Å². The summed E-state index contributed by atoms with van der Waals surface area (Å²) in [6.45, 7) is 2.25. The van der Waals surface area contributed by atoms with Gasteiger partial charge in [0.15, 0.2) is 11.6 Å². The summed E-state index contributed by atoms with van der Waals surface area (Å²) in [4.78, 5) is 20.0. The van der Waals surface area contributed by atoms with Crippen LogP contribution < -0.4 is 10.6 Å². The number of aromatic nitrogens is 4. The van der Waals surface area contributed by atoms with E-state index in [0.717, 1.165) is 18.4 Å². The van der Waals surface area contributed by atoms with Gasteiger partial charge in [-0.25, -0.2) is 18.7 Å². The summed E-state index contributed by atoms with van der Waals surface area (Å²) < 4.78 is 38.5. The molecule has 2 fully saturated rings. The molecule has 2 N–H and O–H groups in total. The number of rotatable bonds is 4. The van der Waals surface area contributed by atoms with Crippen molar-refractivity contribution in [3.63, 3.8) is 0 Å². The highest BCUT2D eigenvalue weighted by Gasteiger charge is 2.39. The topological polar surface area (TPSA) is 99.3 Å². The fourth-order valence-electron chi connectivity index (χ4n) is 4.28. The maximum absolute atomic E-state index is 13.7. The standard InChI is InChI=1S/C20H22F2N6O2/c21-17(22)14-7-16(23)24-8-15(14)19-25-18(11-3-5-29-6-4-11)26-20(27-19)28-12-1-2-13(28)10-30-9-12/h3,7-8,12-13,17H,1-2,4-6,9-10H2,(H2,23,24). The van der Waals surface area contributed by atoms with Gasteiger partial charge < -0.3 is 20.1 Å². The first kappa shape index (κ1) is 19.3. The van der Waals surface area contributed by atoms with Crippen LogP contribution in [0, 0.1) is 0 Å². The van der Waals surface area contributed by atoms with E-state index in [-0.39, 0.29) is 34.9 Å². The summed E-state index contributed by atoms with van der Waals surface area (Å²) in [6, 6.07) is 1.53. The van der Waals surface area contributed by atoms with Crippen molar-refractivity contribution in [2.24, 2.45) is 0 Å². The number of fused-ring (bicyclic) bond motifs is 2. The molecule has 0 aromatic carbocycles. The van der Waals surface area contributed by atoms with E-state index in [4.69, 9.17) is 20.2 Å². The van der Waals surface area contributed by atoms with Crippen molar-refractivity contribution in [2.75, 3.05) is 37.1 Å². The number of nitrogens with zero attached hydrogens (tertiary/aromatic N) is 5. The molecule has 2 unspecified atom stereocenters. The monoisotopic (exact) mass is 416 g/mol. The molecule has 2 atom stereocenters. The Hall–Kier alpha value is -2.72. The van der Waals surface area contributed by atoms with Crippen LogP contribution in [0.3, 0.4) is 0 Å². The van der Waals surface area contributed by atoms with E-state index >= 15 is 0 Å².